The lowest BCUT2D eigenvalue weighted by Gasteiger charge is -2.24. The summed E-state index contributed by atoms with van der Waals surface area (Å²) in [5.41, 5.74) is 5.69. The summed E-state index contributed by atoms with van der Waals surface area (Å²) in [6, 6.07) is 8.69. The molecule has 1 aliphatic heterocycles. The van der Waals surface area contributed by atoms with Gasteiger partial charge in [0.2, 0.25) is 0 Å². The van der Waals surface area contributed by atoms with E-state index in [1.54, 1.807) is 0 Å². The molecule has 3 heterocycles. The predicted octanol–water partition coefficient (Wildman–Crippen LogP) is 2.97. The minimum Gasteiger partial charge on any atom is -0.344 e. The highest BCUT2D eigenvalue weighted by Crippen LogP contribution is 2.31. The zero-order valence-corrected chi connectivity index (χ0v) is 13.8. The normalized spacial score (nSPS) is 15.0. The van der Waals surface area contributed by atoms with Crippen LogP contribution in [0.4, 0.5) is 0 Å². The Labute approximate surface area is 136 Å². The number of likely N-dealkylation sites (N-methyl/N-ethyl adjacent to an activating group) is 1. The number of aromatic nitrogens is 3. The van der Waals surface area contributed by atoms with Gasteiger partial charge in [-0.25, -0.2) is 9.97 Å². The summed E-state index contributed by atoms with van der Waals surface area (Å²) in [5.74, 6) is 0.920. The van der Waals surface area contributed by atoms with Crippen LogP contribution in [0.15, 0.2) is 36.7 Å². The molecule has 0 atom stereocenters. The highest BCUT2D eigenvalue weighted by Gasteiger charge is 2.22. The van der Waals surface area contributed by atoms with Gasteiger partial charge in [0, 0.05) is 61.5 Å². The molecule has 0 amide bonds. The SMILES string of the molecule is Cc1ccc2c(c1)c1c(n2CCc2ncccn2)CCN(C)C1. The van der Waals surface area contributed by atoms with Crippen LogP contribution >= 0.6 is 0 Å². The Bertz CT molecular complexity index is 835. The number of hydrogen-bond acceptors (Lipinski definition) is 3. The average Bonchev–Trinajstić information content (AvgIpc) is 2.86. The van der Waals surface area contributed by atoms with Crippen LogP contribution in [0.2, 0.25) is 0 Å². The average molecular weight is 306 g/mol. The summed E-state index contributed by atoms with van der Waals surface area (Å²) < 4.78 is 2.49. The van der Waals surface area contributed by atoms with Gasteiger partial charge in [-0.1, -0.05) is 11.6 Å². The van der Waals surface area contributed by atoms with E-state index in [-0.39, 0.29) is 0 Å². The van der Waals surface area contributed by atoms with Crippen LogP contribution in [0.3, 0.4) is 0 Å². The second-order valence-corrected chi connectivity index (χ2v) is 6.50. The second-order valence-electron chi connectivity index (χ2n) is 6.50. The first-order valence-corrected chi connectivity index (χ1v) is 8.27. The summed E-state index contributed by atoms with van der Waals surface area (Å²) in [7, 11) is 2.21. The van der Waals surface area contributed by atoms with E-state index in [9.17, 15) is 0 Å². The first-order valence-electron chi connectivity index (χ1n) is 8.27. The minimum atomic E-state index is 0.876. The second kappa shape index (κ2) is 5.78. The van der Waals surface area contributed by atoms with Crippen molar-refractivity contribution in [3.8, 4) is 0 Å². The van der Waals surface area contributed by atoms with Gasteiger partial charge in [0.15, 0.2) is 0 Å². The third kappa shape index (κ3) is 2.63. The minimum absolute atomic E-state index is 0.876. The molecule has 0 aliphatic carbocycles. The molecule has 0 saturated heterocycles. The third-order valence-electron chi connectivity index (χ3n) is 4.78. The Balaban J connectivity index is 1.76. The van der Waals surface area contributed by atoms with E-state index in [0.717, 1.165) is 38.3 Å². The number of fused-ring (bicyclic) bond motifs is 3. The maximum atomic E-state index is 4.36. The van der Waals surface area contributed by atoms with E-state index in [0.29, 0.717) is 0 Å². The molecule has 2 aromatic heterocycles. The van der Waals surface area contributed by atoms with Gasteiger partial charge in [0.1, 0.15) is 5.82 Å². The quantitative estimate of drug-likeness (QED) is 0.746. The van der Waals surface area contributed by atoms with Gasteiger partial charge in [-0.2, -0.15) is 0 Å². The van der Waals surface area contributed by atoms with E-state index < -0.39 is 0 Å². The highest BCUT2D eigenvalue weighted by molar-refractivity contribution is 5.86. The van der Waals surface area contributed by atoms with Crippen LogP contribution in [0.5, 0.6) is 0 Å². The summed E-state index contributed by atoms with van der Waals surface area (Å²) in [4.78, 5) is 11.1. The Hall–Kier alpha value is -2.20. The number of nitrogens with zero attached hydrogens (tertiary/aromatic N) is 4. The summed E-state index contributed by atoms with van der Waals surface area (Å²) in [6.07, 6.45) is 5.64. The monoisotopic (exact) mass is 306 g/mol. The molecule has 0 N–H and O–H groups in total. The van der Waals surface area contributed by atoms with Crippen molar-refractivity contribution in [2.75, 3.05) is 13.6 Å². The van der Waals surface area contributed by atoms with Crippen LogP contribution < -0.4 is 0 Å². The third-order valence-corrected chi connectivity index (χ3v) is 4.78. The molecule has 118 valence electrons. The summed E-state index contributed by atoms with van der Waals surface area (Å²) >= 11 is 0. The van der Waals surface area contributed by atoms with Gasteiger partial charge in [0.25, 0.3) is 0 Å². The fourth-order valence-corrected chi connectivity index (χ4v) is 3.63. The van der Waals surface area contributed by atoms with E-state index >= 15 is 0 Å². The fourth-order valence-electron chi connectivity index (χ4n) is 3.63. The van der Waals surface area contributed by atoms with Crippen molar-refractivity contribution < 1.29 is 0 Å². The Morgan fingerprint density at radius 3 is 2.83 bits per heavy atom. The summed E-state index contributed by atoms with van der Waals surface area (Å²) in [6.45, 7) is 5.30. The molecule has 0 fully saturated rings. The fraction of sp³-hybridized carbons (Fsp3) is 0.368. The van der Waals surface area contributed by atoms with Crippen LogP contribution in [-0.4, -0.2) is 33.0 Å². The molecule has 4 nitrogen and oxygen atoms in total. The maximum Gasteiger partial charge on any atom is 0.129 e. The largest absolute Gasteiger partial charge is 0.344 e. The Kier molecular flexibility index (Phi) is 3.62. The lowest BCUT2D eigenvalue weighted by Crippen LogP contribution is -2.27. The van der Waals surface area contributed by atoms with Crippen molar-refractivity contribution in [1.29, 1.82) is 0 Å². The molecular weight excluding hydrogens is 284 g/mol. The van der Waals surface area contributed by atoms with Crippen molar-refractivity contribution in [3.63, 3.8) is 0 Å². The van der Waals surface area contributed by atoms with Crippen LogP contribution in [0.25, 0.3) is 10.9 Å². The number of rotatable bonds is 3. The van der Waals surface area contributed by atoms with Crippen LogP contribution in [0, 0.1) is 6.92 Å². The van der Waals surface area contributed by atoms with Crippen molar-refractivity contribution in [2.45, 2.75) is 32.9 Å². The molecule has 1 aromatic carbocycles. The molecular formula is C19H22N4. The van der Waals surface area contributed by atoms with Crippen molar-refractivity contribution in [2.24, 2.45) is 0 Å². The zero-order valence-electron chi connectivity index (χ0n) is 13.8. The summed E-state index contributed by atoms with van der Waals surface area (Å²) in [5, 5.41) is 1.42. The molecule has 1 aliphatic rings. The molecule has 0 bridgehead atoms. The van der Waals surface area contributed by atoms with Gasteiger partial charge in [-0.15, -0.1) is 0 Å². The van der Waals surface area contributed by atoms with Gasteiger partial charge in [-0.05, 0) is 37.7 Å². The van der Waals surface area contributed by atoms with Crippen molar-refractivity contribution in [3.05, 3.63) is 59.3 Å². The number of hydrogen-bond donors (Lipinski definition) is 0. The molecule has 0 radical (unpaired) electrons. The molecule has 3 aromatic rings. The van der Waals surface area contributed by atoms with E-state index in [2.05, 4.69) is 51.6 Å². The molecule has 4 rings (SSSR count). The first-order chi connectivity index (χ1) is 11.2. The lowest BCUT2D eigenvalue weighted by atomic mass is 10.0. The maximum absolute atomic E-state index is 4.36. The van der Waals surface area contributed by atoms with Crippen LogP contribution in [-0.2, 0) is 25.9 Å². The zero-order chi connectivity index (χ0) is 15.8. The van der Waals surface area contributed by atoms with Crippen molar-refractivity contribution in [1.82, 2.24) is 19.4 Å². The molecule has 0 spiro atoms. The smallest absolute Gasteiger partial charge is 0.129 e. The number of aryl methyl sites for hydroxylation is 3. The molecule has 0 unspecified atom stereocenters. The highest BCUT2D eigenvalue weighted by atomic mass is 15.1. The van der Waals surface area contributed by atoms with Gasteiger partial charge in [0.05, 0.1) is 0 Å². The van der Waals surface area contributed by atoms with Gasteiger partial charge >= 0.3 is 0 Å². The first kappa shape index (κ1) is 14.4. The standard InChI is InChI=1S/C19H22N4/c1-14-4-5-17-15(12-14)16-13-22(2)10-6-18(16)23(17)11-7-19-20-8-3-9-21-19/h3-5,8-9,12H,6-7,10-11,13H2,1-2H3. The van der Waals surface area contributed by atoms with Crippen LogP contribution in [0.1, 0.15) is 22.6 Å². The van der Waals surface area contributed by atoms with E-state index in [1.807, 2.05) is 18.5 Å². The molecule has 23 heavy (non-hydrogen) atoms. The molecule has 0 saturated carbocycles. The Morgan fingerprint density at radius 1 is 1.17 bits per heavy atom. The predicted molar refractivity (Wildman–Crippen MR) is 92.4 cm³/mol. The van der Waals surface area contributed by atoms with Gasteiger partial charge < -0.3 is 9.47 Å². The van der Waals surface area contributed by atoms with Crippen molar-refractivity contribution >= 4 is 10.9 Å². The number of benzene rings is 1. The van der Waals surface area contributed by atoms with Gasteiger partial charge in [-0.3, -0.25) is 0 Å². The molecule has 4 heteroatoms. The van der Waals surface area contributed by atoms with E-state index in [4.69, 9.17) is 0 Å². The Morgan fingerprint density at radius 2 is 2.00 bits per heavy atom. The lowest BCUT2D eigenvalue weighted by molar-refractivity contribution is 0.309. The van der Waals surface area contributed by atoms with E-state index in [1.165, 1.54) is 27.7 Å². The topological polar surface area (TPSA) is 34.0 Å².